The predicted octanol–water partition coefficient (Wildman–Crippen LogP) is 6.95. The highest BCUT2D eigenvalue weighted by Crippen LogP contribution is 2.33. The van der Waals surface area contributed by atoms with E-state index in [1.807, 2.05) is 19.1 Å². The number of nitrogens with one attached hydrogen (secondary N) is 3. The highest BCUT2D eigenvalue weighted by Gasteiger charge is 2.32. The van der Waals surface area contributed by atoms with Crippen molar-refractivity contribution in [1.29, 1.82) is 4.78 Å². The molecule has 3 N–H and O–H groups in total. The molecule has 0 aliphatic carbocycles. The Hall–Kier alpha value is -4.12. The largest absolute Gasteiger partial charge is 0.494 e. The van der Waals surface area contributed by atoms with Gasteiger partial charge in [-0.25, -0.2) is 14.0 Å². The van der Waals surface area contributed by atoms with Crippen LogP contribution < -0.4 is 15.4 Å². The van der Waals surface area contributed by atoms with Crippen molar-refractivity contribution >= 4 is 27.2 Å². The van der Waals surface area contributed by atoms with Crippen LogP contribution in [-0.4, -0.2) is 27.0 Å². The van der Waals surface area contributed by atoms with Gasteiger partial charge in [0.15, 0.2) is 0 Å². The standard InChI is InChI=1S/C27H26F3N5O2S/c1-3-37-21-13-11-18(12-14-21)23-17-33-26(34-20-8-6-9-22(15-20)38(2,31)36)35-25(23)32-16-19-7-4-5-10-24(19)27(28,29)30/h4-15,17,31H,3,16H2,1-2H3,(H2,32,33,34,35). The second-order valence-electron chi connectivity index (χ2n) is 8.42. The molecule has 1 atom stereocenters. The third kappa shape index (κ3) is 6.60. The van der Waals surface area contributed by atoms with E-state index in [0.717, 1.165) is 11.6 Å². The Morgan fingerprint density at radius 1 is 1.03 bits per heavy atom. The molecule has 0 aliphatic rings. The lowest BCUT2D eigenvalue weighted by molar-refractivity contribution is -0.138. The van der Waals surface area contributed by atoms with Gasteiger partial charge >= 0.3 is 6.18 Å². The van der Waals surface area contributed by atoms with Crippen LogP contribution in [0.1, 0.15) is 18.1 Å². The number of alkyl halides is 3. The maximum atomic E-state index is 13.5. The molecule has 0 radical (unpaired) electrons. The van der Waals surface area contributed by atoms with Crippen LogP contribution >= 0.6 is 0 Å². The minimum Gasteiger partial charge on any atom is -0.494 e. The number of halogens is 3. The Balaban J connectivity index is 1.69. The minimum absolute atomic E-state index is 0.0756. The van der Waals surface area contributed by atoms with Crippen molar-refractivity contribution in [2.24, 2.45) is 0 Å². The molecule has 0 saturated heterocycles. The second-order valence-corrected chi connectivity index (χ2v) is 10.6. The van der Waals surface area contributed by atoms with Crippen LogP contribution in [0.25, 0.3) is 11.1 Å². The van der Waals surface area contributed by atoms with Crippen LogP contribution in [0.15, 0.2) is 83.9 Å². The van der Waals surface area contributed by atoms with Crippen LogP contribution in [0.2, 0.25) is 0 Å². The van der Waals surface area contributed by atoms with Gasteiger partial charge in [-0.1, -0.05) is 36.4 Å². The zero-order valence-electron chi connectivity index (χ0n) is 20.7. The molecule has 7 nitrogen and oxygen atoms in total. The molecular weight excluding hydrogens is 515 g/mol. The third-order valence-corrected chi connectivity index (χ3v) is 6.73. The molecule has 4 aromatic rings. The summed E-state index contributed by atoms with van der Waals surface area (Å²) in [6, 6.07) is 19.1. The maximum Gasteiger partial charge on any atom is 0.416 e. The van der Waals surface area contributed by atoms with Crippen LogP contribution in [0.5, 0.6) is 5.75 Å². The first-order chi connectivity index (χ1) is 18.0. The molecule has 1 aromatic heterocycles. The lowest BCUT2D eigenvalue weighted by Crippen LogP contribution is -2.13. The van der Waals surface area contributed by atoms with E-state index < -0.39 is 21.5 Å². The van der Waals surface area contributed by atoms with Crippen molar-refractivity contribution in [2.45, 2.75) is 24.5 Å². The monoisotopic (exact) mass is 541 g/mol. The van der Waals surface area contributed by atoms with E-state index in [9.17, 15) is 17.4 Å². The Kier molecular flexibility index (Phi) is 7.86. The van der Waals surface area contributed by atoms with E-state index >= 15 is 0 Å². The number of hydrogen-bond acceptors (Lipinski definition) is 7. The lowest BCUT2D eigenvalue weighted by atomic mass is 10.1. The Morgan fingerprint density at radius 3 is 2.45 bits per heavy atom. The summed E-state index contributed by atoms with van der Waals surface area (Å²) in [6.07, 6.45) is -1.59. The summed E-state index contributed by atoms with van der Waals surface area (Å²) in [7, 11) is -2.93. The fourth-order valence-electron chi connectivity index (χ4n) is 3.76. The van der Waals surface area contributed by atoms with Crippen molar-refractivity contribution < 1.29 is 22.1 Å². The zero-order chi connectivity index (χ0) is 27.3. The number of anilines is 3. The first kappa shape index (κ1) is 26.9. The number of ether oxygens (including phenoxy) is 1. The quantitative estimate of drug-likeness (QED) is 0.212. The van der Waals surface area contributed by atoms with Gasteiger partial charge < -0.3 is 15.4 Å². The van der Waals surface area contributed by atoms with E-state index in [1.54, 1.807) is 48.7 Å². The van der Waals surface area contributed by atoms with Crippen LogP contribution in [0.4, 0.5) is 30.6 Å². The lowest BCUT2D eigenvalue weighted by Gasteiger charge is -2.16. The van der Waals surface area contributed by atoms with E-state index in [1.165, 1.54) is 18.4 Å². The average Bonchev–Trinajstić information content (AvgIpc) is 2.88. The van der Waals surface area contributed by atoms with Gasteiger partial charge in [0.1, 0.15) is 11.6 Å². The smallest absolute Gasteiger partial charge is 0.416 e. The minimum atomic E-state index is -4.49. The molecule has 0 amide bonds. The van der Waals surface area contributed by atoms with Gasteiger partial charge in [0.25, 0.3) is 0 Å². The fraction of sp³-hybridized carbons (Fsp3) is 0.185. The van der Waals surface area contributed by atoms with Crippen LogP contribution in [-0.2, 0) is 22.5 Å². The molecule has 0 saturated carbocycles. The molecule has 0 fully saturated rings. The number of hydrogen-bond donors (Lipinski definition) is 3. The number of nitrogens with zero attached hydrogens (tertiary/aromatic N) is 2. The summed E-state index contributed by atoms with van der Waals surface area (Å²) in [5.41, 5.74) is 1.20. The summed E-state index contributed by atoms with van der Waals surface area (Å²) in [6.45, 7) is 2.28. The van der Waals surface area contributed by atoms with E-state index in [4.69, 9.17) is 9.52 Å². The molecule has 4 rings (SSSR count). The maximum absolute atomic E-state index is 13.5. The van der Waals surface area contributed by atoms with Crippen molar-refractivity contribution in [3.05, 3.63) is 90.1 Å². The summed E-state index contributed by atoms with van der Waals surface area (Å²) in [4.78, 5) is 9.26. The molecule has 3 aromatic carbocycles. The van der Waals surface area contributed by atoms with Crippen LogP contribution in [0, 0.1) is 4.78 Å². The highest BCUT2D eigenvalue weighted by molar-refractivity contribution is 7.91. The topological polar surface area (TPSA) is 100.0 Å². The van der Waals surface area contributed by atoms with Gasteiger partial charge in [0.05, 0.1) is 21.9 Å². The van der Waals surface area contributed by atoms with Crippen molar-refractivity contribution in [3.8, 4) is 16.9 Å². The van der Waals surface area contributed by atoms with Gasteiger partial charge in [-0.05, 0) is 54.4 Å². The van der Waals surface area contributed by atoms with Crippen LogP contribution in [0.3, 0.4) is 0 Å². The molecule has 11 heteroatoms. The molecule has 1 heterocycles. The Morgan fingerprint density at radius 2 is 1.76 bits per heavy atom. The second kappa shape index (κ2) is 11.1. The van der Waals surface area contributed by atoms with Gasteiger partial charge in [0.2, 0.25) is 5.95 Å². The van der Waals surface area contributed by atoms with Gasteiger partial charge in [0, 0.05) is 35.1 Å². The van der Waals surface area contributed by atoms with Gasteiger partial charge in [-0.2, -0.15) is 18.2 Å². The number of aromatic nitrogens is 2. The molecular formula is C27H26F3N5O2S. The van der Waals surface area contributed by atoms with E-state index in [-0.39, 0.29) is 18.1 Å². The zero-order valence-corrected chi connectivity index (χ0v) is 21.5. The molecule has 198 valence electrons. The normalized spacial score (nSPS) is 13.0. The molecule has 38 heavy (non-hydrogen) atoms. The first-order valence-electron chi connectivity index (χ1n) is 11.6. The third-order valence-electron chi connectivity index (χ3n) is 5.57. The van der Waals surface area contributed by atoms with Crippen molar-refractivity contribution in [2.75, 3.05) is 23.5 Å². The summed E-state index contributed by atoms with van der Waals surface area (Å²) >= 11 is 0. The number of rotatable bonds is 9. The summed E-state index contributed by atoms with van der Waals surface area (Å²) < 4.78 is 66.1. The van der Waals surface area contributed by atoms with Crippen molar-refractivity contribution in [3.63, 3.8) is 0 Å². The molecule has 0 spiro atoms. The highest BCUT2D eigenvalue weighted by atomic mass is 32.2. The van der Waals surface area contributed by atoms with E-state index in [0.29, 0.717) is 34.3 Å². The molecule has 1 unspecified atom stereocenters. The van der Waals surface area contributed by atoms with Crippen molar-refractivity contribution in [1.82, 2.24) is 9.97 Å². The van der Waals surface area contributed by atoms with E-state index in [2.05, 4.69) is 20.6 Å². The first-order valence-corrected chi connectivity index (χ1v) is 13.6. The SMILES string of the molecule is CCOc1ccc(-c2cnc(Nc3cccc(S(C)(=N)=O)c3)nc2NCc2ccccc2C(F)(F)F)cc1. The summed E-state index contributed by atoms with van der Waals surface area (Å²) in [5.74, 6) is 1.18. The van der Waals surface area contributed by atoms with Gasteiger partial charge in [-0.3, -0.25) is 0 Å². The predicted molar refractivity (Wildman–Crippen MR) is 142 cm³/mol. The molecule has 0 aliphatic heterocycles. The Bertz CT molecular complexity index is 1520. The molecule has 0 bridgehead atoms. The fourth-order valence-corrected chi connectivity index (χ4v) is 4.45. The average molecular weight is 542 g/mol. The Labute approximate surface area is 219 Å². The summed E-state index contributed by atoms with van der Waals surface area (Å²) in [5, 5.41) is 6.07. The number of benzene rings is 3. The van der Waals surface area contributed by atoms with Gasteiger partial charge in [-0.15, -0.1) is 0 Å².